The van der Waals surface area contributed by atoms with Gasteiger partial charge in [0.25, 0.3) is 0 Å². The van der Waals surface area contributed by atoms with Crippen LogP contribution in [0.25, 0.3) is 22.0 Å². The quantitative estimate of drug-likeness (QED) is 0.278. The number of hydrogen-bond acceptors (Lipinski definition) is 3. The zero-order chi connectivity index (χ0) is 24.4. The Hall–Kier alpha value is -3.33. The number of ether oxygens (including phenoxy) is 1. The van der Waals surface area contributed by atoms with E-state index in [0.29, 0.717) is 0 Å². The van der Waals surface area contributed by atoms with Gasteiger partial charge in [-0.05, 0) is 61.6 Å². The number of nitrogens with zero attached hydrogens (tertiary/aromatic N) is 2. The van der Waals surface area contributed by atoms with Crippen LogP contribution in [0.1, 0.15) is 62.0 Å². The molecule has 1 aliphatic rings. The fourth-order valence-electron chi connectivity index (χ4n) is 5.93. The van der Waals surface area contributed by atoms with E-state index in [-0.39, 0.29) is 6.04 Å². The number of benzene rings is 3. The molecule has 1 heterocycles. The van der Waals surface area contributed by atoms with Gasteiger partial charge in [0, 0.05) is 34.8 Å². The summed E-state index contributed by atoms with van der Waals surface area (Å²) >= 11 is 0. The fraction of sp³-hybridized carbons (Fsp3) is 0.344. The van der Waals surface area contributed by atoms with E-state index in [0.717, 1.165) is 50.1 Å². The van der Waals surface area contributed by atoms with Gasteiger partial charge in [-0.2, -0.15) is 0 Å². The molecule has 180 valence electrons. The molecule has 0 unspecified atom stereocenters. The van der Waals surface area contributed by atoms with Crippen molar-refractivity contribution in [2.45, 2.75) is 58.9 Å². The van der Waals surface area contributed by atoms with E-state index >= 15 is 0 Å². The molecule has 35 heavy (non-hydrogen) atoms. The third-order valence-electron chi connectivity index (χ3n) is 7.59. The highest BCUT2D eigenvalue weighted by molar-refractivity contribution is 5.94. The molecule has 4 aromatic rings. The molecule has 0 radical (unpaired) electrons. The summed E-state index contributed by atoms with van der Waals surface area (Å²) in [6.07, 6.45) is 5.23. The van der Waals surface area contributed by atoms with Gasteiger partial charge < -0.3 is 9.64 Å². The molecular weight excluding hydrogens is 428 g/mol. The predicted octanol–water partition coefficient (Wildman–Crippen LogP) is 7.94. The van der Waals surface area contributed by atoms with Crippen LogP contribution in [0.4, 0.5) is 5.69 Å². The van der Waals surface area contributed by atoms with Crippen LogP contribution in [0, 0.1) is 0 Å². The molecule has 3 nitrogen and oxygen atoms in total. The summed E-state index contributed by atoms with van der Waals surface area (Å²) in [4.78, 5) is 7.88. The van der Waals surface area contributed by atoms with Gasteiger partial charge in [-0.1, -0.05) is 68.4 Å². The Morgan fingerprint density at radius 1 is 0.914 bits per heavy atom. The molecule has 0 N–H and O–H groups in total. The first-order chi connectivity index (χ1) is 17.2. The van der Waals surface area contributed by atoms with Gasteiger partial charge in [-0.25, -0.2) is 0 Å². The molecule has 1 aromatic heterocycles. The van der Waals surface area contributed by atoms with Gasteiger partial charge in [-0.3, -0.25) is 4.98 Å². The Kier molecular flexibility index (Phi) is 6.77. The average Bonchev–Trinajstić information content (AvgIpc) is 2.92. The third kappa shape index (κ3) is 4.18. The summed E-state index contributed by atoms with van der Waals surface area (Å²) in [6, 6.07) is 24.4. The molecule has 1 atom stereocenters. The molecule has 1 aliphatic carbocycles. The Bertz CT molecular complexity index is 1300. The highest BCUT2D eigenvalue weighted by Crippen LogP contribution is 2.44. The van der Waals surface area contributed by atoms with Crippen molar-refractivity contribution < 1.29 is 4.74 Å². The van der Waals surface area contributed by atoms with E-state index in [1.54, 1.807) is 0 Å². The SMILES string of the molecule is CCc1cccc(CC)c1-c1cc(OC)c2c(n1)CCC[C@H]2N(CC)c1cccc2ccccc12. The predicted molar refractivity (Wildman–Crippen MR) is 148 cm³/mol. The Labute approximate surface area is 209 Å². The first kappa shape index (κ1) is 23.4. The van der Waals surface area contributed by atoms with Crippen LogP contribution in [0.15, 0.2) is 66.7 Å². The van der Waals surface area contributed by atoms with Crippen LogP contribution >= 0.6 is 0 Å². The van der Waals surface area contributed by atoms with Crippen molar-refractivity contribution in [3.8, 4) is 17.0 Å². The molecular formula is C32H36N2O. The summed E-state index contributed by atoms with van der Waals surface area (Å²) in [6.45, 7) is 7.65. The molecule has 0 saturated heterocycles. The highest BCUT2D eigenvalue weighted by atomic mass is 16.5. The van der Waals surface area contributed by atoms with Crippen LogP contribution in [0.2, 0.25) is 0 Å². The average molecular weight is 465 g/mol. The Morgan fingerprint density at radius 3 is 2.34 bits per heavy atom. The zero-order valence-corrected chi connectivity index (χ0v) is 21.5. The van der Waals surface area contributed by atoms with Gasteiger partial charge in [0.1, 0.15) is 5.75 Å². The lowest BCUT2D eigenvalue weighted by molar-refractivity contribution is 0.393. The number of hydrogen-bond donors (Lipinski definition) is 0. The van der Waals surface area contributed by atoms with E-state index in [2.05, 4.69) is 92.4 Å². The van der Waals surface area contributed by atoms with Crippen molar-refractivity contribution in [3.63, 3.8) is 0 Å². The molecule has 0 saturated carbocycles. The lowest BCUT2D eigenvalue weighted by Crippen LogP contribution is -2.32. The smallest absolute Gasteiger partial charge is 0.128 e. The summed E-state index contributed by atoms with van der Waals surface area (Å²) in [5, 5.41) is 2.58. The maximum Gasteiger partial charge on any atom is 0.128 e. The van der Waals surface area contributed by atoms with Crippen molar-refractivity contribution in [2.24, 2.45) is 0 Å². The van der Waals surface area contributed by atoms with E-state index in [1.807, 2.05) is 7.11 Å². The molecule has 3 heteroatoms. The molecule has 0 fully saturated rings. The van der Waals surface area contributed by atoms with Crippen molar-refractivity contribution in [1.82, 2.24) is 4.98 Å². The van der Waals surface area contributed by atoms with E-state index in [4.69, 9.17) is 9.72 Å². The van der Waals surface area contributed by atoms with Crippen LogP contribution in [-0.4, -0.2) is 18.6 Å². The number of anilines is 1. The summed E-state index contributed by atoms with van der Waals surface area (Å²) < 4.78 is 6.10. The minimum absolute atomic E-state index is 0.248. The summed E-state index contributed by atoms with van der Waals surface area (Å²) in [5.41, 5.74) is 8.82. The van der Waals surface area contributed by atoms with E-state index < -0.39 is 0 Å². The number of fused-ring (bicyclic) bond motifs is 2. The largest absolute Gasteiger partial charge is 0.496 e. The third-order valence-corrected chi connectivity index (χ3v) is 7.59. The van der Waals surface area contributed by atoms with Crippen molar-refractivity contribution in [1.29, 1.82) is 0 Å². The monoisotopic (exact) mass is 464 g/mol. The summed E-state index contributed by atoms with van der Waals surface area (Å²) in [7, 11) is 1.81. The number of rotatable bonds is 7. The second-order valence-electron chi connectivity index (χ2n) is 9.42. The Morgan fingerprint density at radius 2 is 1.63 bits per heavy atom. The molecule has 0 spiro atoms. The van der Waals surface area contributed by atoms with Crippen molar-refractivity contribution in [2.75, 3.05) is 18.6 Å². The lowest BCUT2D eigenvalue weighted by Gasteiger charge is -2.38. The minimum atomic E-state index is 0.248. The Balaban J connectivity index is 1.66. The van der Waals surface area contributed by atoms with Crippen LogP contribution in [-0.2, 0) is 19.3 Å². The van der Waals surface area contributed by atoms with Crippen LogP contribution < -0.4 is 9.64 Å². The first-order valence-corrected chi connectivity index (χ1v) is 13.1. The maximum absolute atomic E-state index is 6.10. The molecule has 0 amide bonds. The fourth-order valence-corrected chi connectivity index (χ4v) is 5.93. The second-order valence-corrected chi connectivity index (χ2v) is 9.42. The first-order valence-electron chi connectivity index (χ1n) is 13.1. The van der Waals surface area contributed by atoms with Gasteiger partial charge in [0.05, 0.1) is 24.5 Å². The van der Waals surface area contributed by atoms with Crippen LogP contribution in [0.5, 0.6) is 5.75 Å². The standard InChI is InChI=1S/C32H36N2O/c1-5-22-14-10-15-23(6-2)31(22)27-21-30(35-4)32-26(33-27)18-12-20-29(32)34(7-3)28-19-11-16-24-13-8-9-17-25(24)28/h8-11,13-17,19,21,29H,5-7,12,18,20H2,1-4H3/t29-/m1/s1. The van der Waals surface area contributed by atoms with Gasteiger partial charge in [-0.15, -0.1) is 0 Å². The minimum Gasteiger partial charge on any atom is -0.496 e. The lowest BCUT2D eigenvalue weighted by atomic mass is 9.87. The molecule has 0 aliphatic heterocycles. The topological polar surface area (TPSA) is 25.4 Å². The van der Waals surface area contributed by atoms with Crippen LogP contribution in [0.3, 0.4) is 0 Å². The highest BCUT2D eigenvalue weighted by Gasteiger charge is 2.31. The number of aromatic nitrogens is 1. The molecule has 3 aromatic carbocycles. The summed E-state index contributed by atoms with van der Waals surface area (Å²) in [5.74, 6) is 0.973. The van der Waals surface area contributed by atoms with Gasteiger partial charge >= 0.3 is 0 Å². The van der Waals surface area contributed by atoms with E-state index in [1.165, 1.54) is 44.4 Å². The zero-order valence-electron chi connectivity index (χ0n) is 21.5. The molecule has 0 bridgehead atoms. The second kappa shape index (κ2) is 10.1. The van der Waals surface area contributed by atoms with Gasteiger partial charge in [0.2, 0.25) is 0 Å². The van der Waals surface area contributed by atoms with Crippen molar-refractivity contribution in [3.05, 3.63) is 89.1 Å². The number of pyridine rings is 1. The maximum atomic E-state index is 6.10. The van der Waals surface area contributed by atoms with Crippen molar-refractivity contribution >= 4 is 16.5 Å². The number of methoxy groups -OCH3 is 1. The molecule has 5 rings (SSSR count). The normalized spacial score (nSPS) is 15.1. The van der Waals surface area contributed by atoms with Gasteiger partial charge in [0.15, 0.2) is 0 Å². The van der Waals surface area contributed by atoms with E-state index in [9.17, 15) is 0 Å². The number of aryl methyl sites for hydroxylation is 3.